The summed E-state index contributed by atoms with van der Waals surface area (Å²) < 4.78 is 15.2. The molecule has 1 N–H and O–H groups in total. The molecule has 1 aromatic carbocycles. The van der Waals surface area contributed by atoms with E-state index in [1.54, 1.807) is 6.33 Å². The first-order valence-electron chi connectivity index (χ1n) is 5.69. The average molecular weight is 233 g/mol. The Morgan fingerprint density at radius 1 is 1.35 bits per heavy atom. The predicted molar refractivity (Wildman–Crippen MR) is 66.4 cm³/mol. The molecule has 3 nitrogen and oxygen atoms in total. The SMILES string of the molecule is CCn1cncc1CNc1cc(C)cc(F)c1. The van der Waals surface area contributed by atoms with Crippen molar-refractivity contribution in [2.45, 2.75) is 26.9 Å². The van der Waals surface area contributed by atoms with E-state index in [1.165, 1.54) is 12.1 Å². The molecule has 0 aliphatic heterocycles. The lowest BCUT2D eigenvalue weighted by Gasteiger charge is -2.09. The van der Waals surface area contributed by atoms with Crippen LogP contribution in [0, 0.1) is 12.7 Å². The lowest BCUT2D eigenvalue weighted by molar-refractivity contribution is 0.627. The van der Waals surface area contributed by atoms with Gasteiger partial charge in [0, 0.05) is 18.4 Å². The fraction of sp³-hybridized carbons (Fsp3) is 0.308. The maximum atomic E-state index is 13.2. The summed E-state index contributed by atoms with van der Waals surface area (Å²) in [5, 5.41) is 3.20. The number of halogens is 1. The van der Waals surface area contributed by atoms with Crippen molar-refractivity contribution in [2.75, 3.05) is 5.32 Å². The number of rotatable bonds is 4. The predicted octanol–water partition coefficient (Wildman–Crippen LogP) is 2.96. The minimum atomic E-state index is -0.212. The number of nitrogens with one attached hydrogen (secondary N) is 1. The van der Waals surface area contributed by atoms with Gasteiger partial charge in [0.05, 0.1) is 18.6 Å². The lowest BCUT2D eigenvalue weighted by Crippen LogP contribution is -2.06. The molecule has 1 aromatic heterocycles. The molecule has 2 rings (SSSR count). The van der Waals surface area contributed by atoms with Crippen LogP contribution >= 0.6 is 0 Å². The molecule has 0 amide bonds. The van der Waals surface area contributed by atoms with Crippen LogP contribution in [0.15, 0.2) is 30.7 Å². The van der Waals surface area contributed by atoms with E-state index in [0.29, 0.717) is 6.54 Å². The summed E-state index contributed by atoms with van der Waals surface area (Å²) in [7, 11) is 0. The summed E-state index contributed by atoms with van der Waals surface area (Å²) in [6.45, 7) is 5.48. The van der Waals surface area contributed by atoms with E-state index in [2.05, 4.69) is 21.8 Å². The second kappa shape index (κ2) is 4.99. The number of imidazole rings is 1. The zero-order valence-corrected chi connectivity index (χ0v) is 10.1. The van der Waals surface area contributed by atoms with E-state index in [-0.39, 0.29) is 5.82 Å². The van der Waals surface area contributed by atoms with Crippen LogP contribution in [0.3, 0.4) is 0 Å². The molecular weight excluding hydrogens is 217 g/mol. The molecule has 90 valence electrons. The highest BCUT2D eigenvalue weighted by Gasteiger charge is 2.01. The van der Waals surface area contributed by atoms with Crippen LogP contribution in [0.4, 0.5) is 10.1 Å². The van der Waals surface area contributed by atoms with Crippen molar-refractivity contribution in [3.05, 3.63) is 47.8 Å². The number of nitrogens with zero attached hydrogens (tertiary/aromatic N) is 2. The van der Waals surface area contributed by atoms with Gasteiger partial charge in [0.2, 0.25) is 0 Å². The summed E-state index contributed by atoms with van der Waals surface area (Å²) in [5.74, 6) is -0.212. The molecule has 0 bridgehead atoms. The quantitative estimate of drug-likeness (QED) is 0.879. The Kier molecular flexibility index (Phi) is 3.42. The molecule has 0 atom stereocenters. The molecule has 0 radical (unpaired) electrons. The Morgan fingerprint density at radius 2 is 2.18 bits per heavy atom. The zero-order chi connectivity index (χ0) is 12.3. The fourth-order valence-corrected chi connectivity index (χ4v) is 1.81. The van der Waals surface area contributed by atoms with E-state index in [0.717, 1.165) is 23.5 Å². The topological polar surface area (TPSA) is 29.9 Å². The Labute approximate surface area is 100 Å². The van der Waals surface area contributed by atoms with Gasteiger partial charge in [0.25, 0.3) is 0 Å². The van der Waals surface area contributed by atoms with Crippen LogP contribution in [-0.2, 0) is 13.1 Å². The van der Waals surface area contributed by atoms with Crippen molar-refractivity contribution in [3.8, 4) is 0 Å². The van der Waals surface area contributed by atoms with Crippen molar-refractivity contribution in [1.29, 1.82) is 0 Å². The highest BCUT2D eigenvalue weighted by atomic mass is 19.1. The van der Waals surface area contributed by atoms with Gasteiger partial charge in [0.1, 0.15) is 5.82 Å². The summed E-state index contributed by atoms with van der Waals surface area (Å²) in [4.78, 5) is 4.09. The molecule has 1 heterocycles. The van der Waals surface area contributed by atoms with Gasteiger partial charge in [-0.1, -0.05) is 0 Å². The monoisotopic (exact) mass is 233 g/mol. The highest BCUT2D eigenvalue weighted by Crippen LogP contribution is 2.14. The van der Waals surface area contributed by atoms with Gasteiger partial charge in [-0.2, -0.15) is 0 Å². The third kappa shape index (κ3) is 2.84. The van der Waals surface area contributed by atoms with E-state index < -0.39 is 0 Å². The van der Waals surface area contributed by atoms with Crippen LogP contribution in [-0.4, -0.2) is 9.55 Å². The van der Waals surface area contributed by atoms with Crippen molar-refractivity contribution in [3.63, 3.8) is 0 Å². The van der Waals surface area contributed by atoms with Crippen LogP contribution in [0.2, 0.25) is 0 Å². The fourth-order valence-electron chi connectivity index (χ4n) is 1.81. The van der Waals surface area contributed by atoms with Crippen LogP contribution in [0.1, 0.15) is 18.2 Å². The molecule has 0 fully saturated rings. The number of aromatic nitrogens is 2. The average Bonchev–Trinajstić information content (AvgIpc) is 2.72. The molecule has 0 aliphatic rings. The first kappa shape index (κ1) is 11.6. The first-order valence-corrected chi connectivity index (χ1v) is 5.69. The minimum absolute atomic E-state index is 0.212. The first-order chi connectivity index (χ1) is 8.19. The normalized spacial score (nSPS) is 10.5. The van der Waals surface area contributed by atoms with Gasteiger partial charge in [-0.05, 0) is 37.6 Å². The molecular formula is C13H16FN3. The molecule has 4 heteroatoms. The molecule has 2 aromatic rings. The number of anilines is 1. The van der Waals surface area contributed by atoms with E-state index in [4.69, 9.17) is 0 Å². The van der Waals surface area contributed by atoms with Crippen LogP contribution in [0.5, 0.6) is 0 Å². The van der Waals surface area contributed by atoms with Gasteiger partial charge in [0.15, 0.2) is 0 Å². The summed E-state index contributed by atoms with van der Waals surface area (Å²) in [6.07, 6.45) is 3.62. The van der Waals surface area contributed by atoms with Gasteiger partial charge in [-0.3, -0.25) is 0 Å². The maximum absolute atomic E-state index is 13.2. The van der Waals surface area contributed by atoms with Gasteiger partial charge in [-0.25, -0.2) is 9.37 Å². The van der Waals surface area contributed by atoms with Crippen LogP contribution < -0.4 is 5.32 Å². The maximum Gasteiger partial charge on any atom is 0.125 e. The van der Waals surface area contributed by atoms with Crippen LogP contribution in [0.25, 0.3) is 0 Å². The van der Waals surface area contributed by atoms with Crippen molar-refractivity contribution in [1.82, 2.24) is 9.55 Å². The second-order valence-electron chi connectivity index (χ2n) is 4.04. The molecule has 0 saturated heterocycles. The summed E-state index contributed by atoms with van der Waals surface area (Å²) in [5.41, 5.74) is 2.80. The summed E-state index contributed by atoms with van der Waals surface area (Å²) in [6, 6.07) is 4.94. The highest BCUT2D eigenvalue weighted by molar-refractivity contribution is 5.46. The summed E-state index contributed by atoms with van der Waals surface area (Å²) >= 11 is 0. The van der Waals surface area contributed by atoms with Crippen molar-refractivity contribution in [2.24, 2.45) is 0 Å². The number of benzene rings is 1. The molecule has 0 aliphatic carbocycles. The standard InChI is InChI=1S/C13H16FN3/c1-3-17-9-15-7-13(17)8-16-12-5-10(2)4-11(14)6-12/h4-7,9,16H,3,8H2,1-2H3. The molecule has 17 heavy (non-hydrogen) atoms. The zero-order valence-electron chi connectivity index (χ0n) is 10.1. The molecule has 0 saturated carbocycles. The second-order valence-corrected chi connectivity index (χ2v) is 4.04. The molecule has 0 spiro atoms. The van der Waals surface area contributed by atoms with Gasteiger partial charge < -0.3 is 9.88 Å². The van der Waals surface area contributed by atoms with Crippen molar-refractivity contribution >= 4 is 5.69 Å². The third-order valence-corrected chi connectivity index (χ3v) is 2.65. The largest absolute Gasteiger partial charge is 0.379 e. The van der Waals surface area contributed by atoms with Gasteiger partial charge >= 0.3 is 0 Å². The Hall–Kier alpha value is -1.84. The molecule has 0 unspecified atom stereocenters. The Balaban J connectivity index is 2.07. The number of hydrogen-bond donors (Lipinski definition) is 1. The Morgan fingerprint density at radius 3 is 2.88 bits per heavy atom. The van der Waals surface area contributed by atoms with E-state index in [1.807, 2.05) is 19.2 Å². The third-order valence-electron chi connectivity index (χ3n) is 2.65. The van der Waals surface area contributed by atoms with E-state index in [9.17, 15) is 4.39 Å². The lowest BCUT2D eigenvalue weighted by atomic mass is 10.2. The smallest absolute Gasteiger partial charge is 0.125 e. The van der Waals surface area contributed by atoms with Crippen molar-refractivity contribution < 1.29 is 4.39 Å². The number of aryl methyl sites for hydroxylation is 2. The minimum Gasteiger partial charge on any atom is -0.379 e. The van der Waals surface area contributed by atoms with E-state index >= 15 is 0 Å². The number of hydrogen-bond acceptors (Lipinski definition) is 2. The van der Waals surface area contributed by atoms with Gasteiger partial charge in [-0.15, -0.1) is 0 Å². The Bertz CT molecular complexity index is 485.